The molecule has 0 bridgehead atoms. The lowest BCUT2D eigenvalue weighted by Gasteiger charge is -2.13. The highest BCUT2D eigenvalue weighted by molar-refractivity contribution is 7.92. The van der Waals surface area contributed by atoms with E-state index in [0.29, 0.717) is 16.3 Å². The van der Waals surface area contributed by atoms with Crippen molar-refractivity contribution < 1.29 is 22.7 Å². The van der Waals surface area contributed by atoms with Gasteiger partial charge in [-0.2, -0.15) is 0 Å². The third-order valence-corrected chi connectivity index (χ3v) is 9.10. The molecule has 4 rings (SSSR count). The normalized spacial score (nSPS) is 13.1. The number of rotatable bonds is 6. The van der Waals surface area contributed by atoms with Crippen molar-refractivity contribution in [3.8, 4) is 0 Å². The number of carbonyl (C=O) groups excluding carboxylic acids is 2. The monoisotopic (exact) mass is 532 g/mol. The van der Waals surface area contributed by atoms with Gasteiger partial charge in [0.1, 0.15) is 9.90 Å². The van der Waals surface area contributed by atoms with Gasteiger partial charge in [0.05, 0.1) is 17.7 Å². The summed E-state index contributed by atoms with van der Waals surface area (Å²) in [5.74, 6) is -1.05. The zero-order valence-corrected chi connectivity index (χ0v) is 21.9. The molecule has 0 saturated carbocycles. The van der Waals surface area contributed by atoms with Gasteiger partial charge in [0.15, 0.2) is 0 Å². The first-order valence-electron chi connectivity index (χ1n) is 11.0. The highest BCUT2D eigenvalue weighted by Gasteiger charge is 2.28. The predicted octanol–water partition coefficient (Wildman–Crippen LogP) is 5.74. The SMILES string of the molecule is COC(=O)c1c(NC(=O)c2ccc(Cl)c(S(=O)(=O)Nc3ccc(C)c(C)c3)c2)sc2c1CCCC2. The van der Waals surface area contributed by atoms with Gasteiger partial charge < -0.3 is 10.1 Å². The number of methoxy groups -OCH3 is 1. The Balaban J connectivity index is 1.64. The fraction of sp³-hybridized carbons (Fsp3) is 0.280. The number of aryl methyl sites for hydroxylation is 3. The lowest BCUT2D eigenvalue weighted by atomic mass is 9.95. The largest absolute Gasteiger partial charge is 0.465 e. The maximum absolute atomic E-state index is 13.1. The Kier molecular flexibility index (Phi) is 7.21. The van der Waals surface area contributed by atoms with E-state index in [0.717, 1.165) is 47.3 Å². The van der Waals surface area contributed by atoms with Crippen LogP contribution in [0.15, 0.2) is 41.3 Å². The summed E-state index contributed by atoms with van der Waals surface area (Å²) in [6.07, 6.45) is 3.58. The second kappa shape index (κ2) is 10.0. The molecule has 0 fully saturated rings. The van der Waals surface area contributed by atoms with Gasteiger partial charge in [-0.25, -0.2) is 13.2 Å². The lowest BCUT2D eigenvalue weighted by molar-refractivity contribution is 0.0601. The van der Waals surface area contributed by atoms with Crippen LogP contribution in [-0.2, 0) is 27.6 Å². The number of anilines is 2. The predicted molar refractivity (Wildman–Crippen MR) is 138 cm³/mol. The molecule has 10 heteroatoms. The number of hydrogen-bond acceptors (Lipinski definition) is 6. The standard InChI is InChI=1S/C25H25ClN2O5S2/c1-14-8-10-17(12-15(14)2)28-35(31,32)21-13-16(9-11-19(21)26)23(29)27-24-22(25(30)33-3)18-6-4-5-7-20(18)34-24/h8-13,28H,4-7H2,1-3H3,(H,27,29). The van der Waals surface area contributed by atoms with Crippen LogP contribution in [0.1, 0.15) is 55.1 Å². The number of carbonyl (C=O) groups is 2. The summed E-state index contributed by atoms with van der Waals surface area (Å²) >= 11 is 7.57. The Morgan fingerprint density at radius 2 is 1.77 bits per heavy atom. The number of sulfonamides is 1. The van der Waals surface area contributed by atoms with Gasteiger partial charge in [-0.15, -0.1) is 11.3 Å². The Hall–Kier alpha value is -2.88. The van der Waals surface area contributed by atoms with E-state index in [9.17, 15) is 18.0 Å². The molecular weight excluding hydrogens is 508 g/mol. The van der Waals surface area contributed by atoms with E-state index in [-0.39, 0.29) is 15.5 Å². The van der Waals surface area contributed by atoms with Crippen molar-refractivity contribution in [1.82, 2.24) is 0 Å². The van der Waals surface area contributed by atoms with Gasteiger partial charge in [0.2, 0.25) is 0 Å². The molecular formula is C25H25ClN2O5S2. The summed E-state index contributed by atoms with van der Waals surface area (Å²) in [6.45, 7) is 3.82. The second-order valence-corrected chi connectivity index (χ2v) is 11.6. The molecule has 3 aromatic rings. The zero-order valence-electron chi connectivity index (χ0n) is 19.5. The van der Waals surface area contributed by atoms with Crippen LogP contribution < -0.4 is 10.0 Å². The van der Waals surface area contributed by atoms with E-state index in [1.165, 1.54) is 36.6 Å². The van der Waals surface area contributed by atoms with Crippen LogP contribution in [0, 0.1) is 13.8 Å². The average molecular weight is 533 g/mol. The van der Waals surface area contributed by atoms with Crippen molar-refractivity contribution in [1.29, 1.82) is 0 Å². The molecule has 0 aliphatic heterocycles. The summed E-state index contributed by atoms with van der Waals surface area (Å²) in [5, 5.41) is 3.17. The lowest BCUT2D eigenvalue weighted by Crippen LogP contribution is -2.17. The molecule has 35 heavy (non-hydrogen) atoms. The van der Waals surface area contributed by atoms with Crippen molar-refractivity contribution >= 4 is 55.5 Å². The number of benzene rings is 2. The van der Waals surface area contributed by atoms with E-state index in [4.69, 9.17) is 16.3 Å². The molecule has 0 saturated heterocycles. The minimum Gasteiger partial charge on any atom is -0.465 e. The van der Waals surface area contributed by atoms with Gasteiger partial charge in [-0.05, 0) is 86.6 Å². The van der Waals surface area contributed by atoms with Crippen LogP contribution in [0.3, 0.4) is 0 Å². The first kappa shape index (κ1) is 25.2. The second-order valence-electron chi connectivity index (χ2n) is 8.41. The molecule has 2 aromatic carbocycles. The highest BCUT2D eigenvalue weighted by Crippen LogP contribution is 2.39. The molecule has 1 aromatic heterocycles. The minimum absolute atomic E-state index is 0.0141. The first-order valence-corrected chi connectivity index (χ1v) is 13.7. The number of fused-ring (bicyclic) bond motifs is 1. The quantitative estimate of drug-likeness (QED) is 0.394. The van der Waals surface area contributed by atoms with Crippen molar-refractivity contribution in [2.75, 3.05) is 17.1 Å². The number of hydrogen-bond donors (Lipinski definition) is 2. The van der Waals surface area contributed by atoms with Gasteiger partial charge in [0, 0.05) is 16.1 Å². The Labute approximate surface area is 213 Å². The summed E-state index contributed by atoms with van der Waals surface area (Å²) in [6, 6.07) is 9.25. The molecule has 0 unspecified atom stereocenters. The third kappa shape index (κ3) is 5.22. The van der Waals surface area contributed by atoms with E-state index in [1.807, 2.05) is 19.9 Å². The molecule has 1 aliphatic carbocycles. The summed E-state index contributed by atoms with van der Waals surface area (Å²) in [4.78, 5) is 26.4. The number of ether oxygens (including phenoxy) is 1. The molecule has 7 nitrogen and oxygen atoms in total. The Morgan fingerprint density at radius 3 is 2.49 bits per heavy atom. The van der Waals surface area contributed by atoms with Crippen molar-refractivity contribution in [2.45, 2.75) is 44.4 Å². The van der Waals surface area contributed by atoms with Gasteiger partial charge in [0.25, 0.3) is 15.9 Å². The number of esters is 1. The van der Waals surface area contributed by atoms with Crippen LogP contribution in [0.5, 0.6) is 0 Å². The number of amides is 1. The van der Waals surface area contributed by atoms with E-state index < -0.39 is 21.9 Å². The maximum Gasteiger partial charge on any atom is 0.341 e. The van der Waals surface area contributed by atoms with Gasteiger partial charge in [-0.1, -0.05) is 17.7 Å². The van der Waals surface area contributed by atoms with Crippen LogP contribution in [0.2, 0.25) is 5.02 Å². The maximum atomic E-state index is 13.1. The van der Waals surface area contributed by atoms with Crippen LogP contribution in [-0.4, -0.2) is 27.4 Å². The Morgan fingerprint density at radius 1 is 1.03 bits per heavy atom. The molecule has 184 valence electrons. The summed E-state index contributed by atoms with van der Waals surface area (Å²) < 4.78 is 33.6. The number of thiophene rings is 1. The Bertz CT molecular complexity index is 1430. The van der Waals surface area contributed by atoms with Gasteiger partial charge in [-0.3, -0.25) is 9.52 Å². The van der Waals surface area contributed by atoms with Crippen molar-refractivity contribution in [2.24, 2.45) is 0 Å². The van der Waals surface area contributed by atoms with E-state index in [2.05, 4.69) is 10.0 Å². The number of nitrogens with one attached hydrogen (secondary N) is 2. The first-order chi connectivity index (χ1) is 16.6. The van der Waals surface area contributed by atoms with Crippen molar-refractivity contribution in [3.05, 3.63) is 74.1 Å². The van der Waals surface area contributed by atoms with Crippen LogP contribution in [0.4, 0.5) is 10.7 Å². The topological polar surface area (TPSA) is 102 Å². The molecule has 2 N–H and O–H groups in total. The fourth-order valence-electron chi connectivity index (χ4n) is 4.01. The van der Waals surface area contributed by atoms with E-state index in [1.54, 1.807) is 12.1 Å². The average Bonchev–Trinajstić information content (AvgIpc) is 3.18. The van der Waals surface area contributed by atoms with Crippen LogP contribution in [0.25, 0.3) is 0 Å². The fourth-order valence-corrected chi connectivity index (χ4v) is 6.86. The summed E-state index contributed by atoms with van der Waals surface area (Å²) in [7, 11) is -2.76. The smallest absolute Gasteiger partial charge is 0.341 e. The summed E-state index contributed by atoms with van der Waals surface area (Å²) in [5.41, 5.74) is 3.75. The minimum atomic E-state index is -4.06. The molecule has 1 aliphatic rings. The molecule has 0 atom stereocenters. The van der Waals surface area contributed by atoms with Gasteiger partial charge >= 0.3 is 5.97 Å². The zero-order chi connectivity index (χ0) is 25.3. The van der Waals surface area contributed by atoms with E-state index >= 15 is 0 Å². The molecule has 0 radical (unpaired) electrons. The van der Waals surface area contributed by atoms with Crippen LogP contribution >= 0.6 is 22.9 Å². The number of halogens is 1. The van der Waals surface area contributed by atoms with Crippen molar-refractivity contribution in [3.63, 3.8) is 0 Å². The highest BCUT2D eigenvalue weighted by atomic mass is 35.5. The molecule has 0 spiro atoms. The molecule has 1 amide bonds. The molecule has 1 heterocycles. The third-order valence-electron chi connectivity index (χ3n) is 6.03.